The van der Waals surface area contributed by atoms with Crippen molar-refractivity contribution in [2.45, 2.75) is 39.2 Å². The quantitative estimate of drug-likeness (QED) is 0.721. The molecule has 1 aromatic carbocycles. The molecule has 0 saturated carbocycles. The van der Waals surface area contributed by atoms with Crippen LogP contribution in [0.5, 0.6) is 5.75 Å². The van der Waals surface area contributed by atoms with Gasteiger partial charge in [-0.05, 0) is 31.9 Å². The first-order valence-electron chi connectivity index (χ1n) is 7.60. The van der Waals surface area contributed by atoms with E-state index in [1.165, 1.54) is 0 Å². The highest BCUT2D eigenvalue weighted by molar-refractivity contribution is 7.91. The van der Waals surface area contributed by atoms with Crippen LogP contribution in [-0.2, 0) is 9.84 Å². The molecule has 1 atom stereocenters. The van der Waals surface area contributed by atoms with Crippen LogP contribution in [0.1, 0.15) is 44.7 Å². The van der Waals surface area contributed by atoms with Crippen molar-refractivity contribution in [2.24, 2.45) is 0 Å². The van der Waals surface area contributed by atoms with Crippen LogP contribution in [0.25, 0.3) is 0 Å². The SMILES string of the molecule is CCCNC(CCCS(=O)(=O)CC)c1ccccc1OC. The van der Waals surface area contributed by atoms with Gasteiger partial charge >= 0.3 is 0 Å². The minimum atomic E-state index is -2.89. The molecule has 4 nitrogen and oxygen atoms in total. The monoisotopic (exact) mass is 313 g/mol. The molecule has 0 radical (unpaired) electrons. The topological polar surface area (TPSA) is 55.4 Å². The van der Waals surface area contributed by atoms with Gasteiger partial charge in [-0.1, -0.05) is 32.0 Å². The maximum absolute atomic E-state index is 11.6. The van der Waals surface area contributed by atoms with E-state index in [0.717, 1.165) is 30.7 Å². The summed E-state index contributed by atoms with van der Waals surface area (Å²) in [7, 11) is -1.23. The van der Waals surface area contributed by atoms with E-state index in [0.29, 0.717) is 6.42 Å². The summed E-state index contributed by atoms with van der Waals surface area (Å²) in [5, 5.41) is 3.49. The van der Waals surface area contributed by atoms with Crippen LogP contribution in [-0.4, -0.2) is 33.6 Å². The van der Waals surface area contributed by atoms with E-state index in [1.54, 1.807) is 14.0 Å². The number of sulfone groups is 1. The zero-order valence-electron chi connectivity index (χ0n) is 13.3. The van der Waals surface area contributed by atoms with Gasteiger partial charge in [-0.15, -0.1) is 0 Å². The fraction of sp³-hybridized carbons (Fsp3) is 0.625. The molecule has 0 amide bonds. The smallest absolute Gasteiger partial charge is 0.150 e. The summed E-state index contributed by atoms with van der Waals surface area (Å²) < 4.78 is 28.6. The number of rotatable bonds is 10. The third-order valence-electron chi connectivity index (χ3n) is 3.54. The van der Waals surface area contributed by atoms with Crippen LogP contribution >= 0.6 is 0 Å². The van der Waals surface area contributed by atoms with E-state index in [2.05, 4.69) is 12.2 Å². The second kappa shape index (κ2) is 9.05. The Morgan fingerprint density at radius 2 is 1.95 bits per heavy atom. The van der Waals surface area contributed by atoms with Gasteiger partial charge in [0, 0.05) is 17.4 Å². The van der Waals surface area contributed by atoms with E-state index in [9.17, 15) is 8.42 Å². The number of hydrogen-bond donors (Lipinski definition) is 1. The first-order chi connectivity index (χ1) is 10.0. The van der Waals surface area contributed by atoms with Gasteiger partial charge in [-0.25, -0.2) is 8.42 Å². The summed E-state index contributed by atoms with van der Waals surface area (Å²) in [4.78, 5) is 0. The number of nitrogens with one attached hydrogen (secondary N) is 1. The highest BCUT2D eigenvalue weighted by Crippen LogP contribution is 2.28. The Labute approximate surface area is 128 Å². The Kier molecular flexibility index (Phi) is 7.75. The Morgan fingerprint density at radius 1 is 1.24 bits per heavy atom. The van der Waals surface area contributed by atoms with E-state index < -0.39 is 9.84 Å². The average molecular weight is 313 g/mol. The van der Waals surface area contributed by atoms with Gasteiger partial charge in [0.2, 0.25) is 0 Å². The molecule has 0 fully saturated rings. The normalized spacial score (nSPS) is 13.1. The third-order valence-corrected chi connectivity index (χ3v) is 5.33. The lowest BCUT2D eigenvalue weighted by atomic mass is 10.0. The van der Waals surface area contributed by atoms with Crippen molar-refractivity contribution >= 4 is 9.84 Å². The van der Waals surface area contributed by atoms with Gasteiger partial charge in [-0.3, -0.25) is 0 Å². The molecule has 21 heavy (non-hydrogen) atoms. The van der Waals surface area contributed by atoms with E-state index in [1.807, 2.05) is 24.3 Å². The lowest BCUT2D eigenvalue weighted by molar-refractivity contribution is 0.394. The van der Waals surface area contributed by atoms with Gasteiger partial charge in [0.05, 0.1) is 12.9 Å². The molecular formula is C16H27NO3S. The number of para-hydroxylation sites is 1. The molecule has 1 unspecified atom stereocenters. The predicted octanol–water partition coefficient (Wildman–Crippen LogP) is 2.95. The van der Waals surface area contributed by atoms with Crippen LogP contribution in [0.3, 0.4) is 0 Å². The molecule has 0 saturated heterocycles. The maximum atomic E-state index is 11.6. The fourth-order valence-corrected chi connectivity index (χ4v) is 3.19. The van der Waals surface area contributed by atoms with Crippen LogP contribution < -0.4 is 10.1 Å². The van der Waals surface area contributed by atoms with Crippen molar-refractivity contribution in [3.8, 4) is 5.75 Å². The van der Waals surface area contributed by atoms with Gasteiger partial charge in [0.15, 0.2) is 0 Å². The number of benzene rings is 1. The zero-order valence-corrected chi connectivity index (χ0v) is 14.1. The summed E-state index contributed by atoms with van der Waals surface area (Å²) in [6.45, 7) is 4.72. The molecule has 0 aliphatic rings. The number of hydrogen-bond acceptors (Lipinski definition) is 4. The minimum absolute atomic E-state index is 0.133. The van der Waals surface area contributed by atoms with Crippen LogP contribution in [0.4, 0.5) is 0 Å². The Hall–Kier alpha value is -1.07. The molecular weight excluding hydrogens is 286 g/mol. The fourth-order valence-electron chi connectivity index (χ4n) is 2.29. The molecule has 0 aliphatic heterocycles. The lowest BCUT2D eigenvalue weighted by Gasteiger charge is -2.21. The maximum Gasteiger partial charge on any atom is 0.150 e. The van der Waals surface area contributed by atoms with Crippen molar-refractivity contribution in [3.05, 3.63) is 29.8 Å². The molecule has 5 heteroatoms. The minimum Gasteiger partial charge on any atom is -0.496 e. The Morgan fingerprint density at radius 3 is 2.57 bits per heavy atom. The van der Waals surface area contributed by atoms with Gasteiger partial charge < -0.3 is 10.1 Å². The lowest BCUT2D eigenvalue weighted by Crippen LogP contribution is -2.23. The average Bonchev–Trinajstić information content (AvgIpc) is 2.50. The van der Waals surface area contributed by atoms with Crippen LogP contribution in [0.2, 0.25) is 0 Å². The van der Waals surface area contributed by atoms with Crippen LogP contribution in [0, 0.1) is 0 Å². The molecule has 0 spiro atoms. The van der Waals surface area contributed by atoms with Gasteiger partial charge in [0.1, 0.15) is 15.6 Å². The van der Waals surface area contributed by atoms with E-state index in [-0.39, 0.29) is 17.5 Å². The number of ether oxygens (including phenoxy) is 1. The summed E-state index contributed by atoms with van der Waals surface area (Å²) in [6, 6.07) is 8.05. The molecule has 1 N–H and O–H groups in total. The first-order valence-corrected chi connectivity index (χ1v) is 9.43. The number of methoxy groups -OCH3 is 1. The second-order valence-corrected chi connectivity index (χ2v) is 7.60. The summed E-state index contributed by atoms with van der Waals surface area (Å²) >= 11 is 0. The van der Waals surface area contributed by atoms with E-state index in [4.69, 9.17) is 4.74 Å². The molecule has 0 aromatic heterocycles. The molecule has 0 heterocycles. The predicted molar refractivity (Wildman–Crippen MR) is 87.6 cm³/mol. The zero-order chi connectivity index (χ0) is 15.7. The van der Waals surface area contributed by atoms with E-state index >= 15 is 0 Å². The van der Waals surface area contributed by atoms with Crippen molar-refractivity contribution < 1.29 is 13.2 Å². The molecule has 0 aliphatic carbocycles. The summed E-state index contributed by atoms with van der Waals surface area (Å²) in [5.74, 6) is 1.32. The molecule has 1 aromatic rings. The van der Waals surface area contributed by atoms with Crippen molar-refractivity contribution in [1.29, 1.82) is 0 Å². The van der Waals surface area contributed by atoms with Gasteiger partial charge in [0.25, 0.3) is 0 Å². The third kappa shape index (κ3) is 6.06. The van der Waals surface area contributed by atoms with Crippen molar-refractivity contribution in [2.75, 3.05) is 25.2 Å². The Bertz CT molecular complexity index is 514. The molecule has 0 bridgehead atoms. The van der Waals surface area contributed by atoms with Crippen molar-refractivity contribution in [3.63, 3.8) is 0 Å². The summed E-state index contributed by atoms with van der Waals surface area (Å²) in [6.07, 6.45) is 2.49. The largest absolute Gasteiger partial charge is 0.496 e. The standard InChI is InChI=1S/C16H27NO3S/c1-4-12-17-15(10-8-13-21(18,19)5-2)14-9-6-7-11-16(14)20-3/h6-7,9,11,15,17H,4-5,8,10,12-13H2,1-3H3. The van der Waals surface area contributed by atoms with Crippen LogP contribution in [0.15, 0.2) is 24.3 Å². The van der Waals surface area contributed by atoms with Crippen molar-refractivity contribution in [1.82, 2.24) is 5.32 Å². The summed E-state index contributed by atoms with van der Waals surface area (Å²) in [5.41, 5.74) is 1.10. The second-order valence-electron chi connectivity index (χ2n) is 5.13. The molecule has 1 rings (SSSR count). The Balaban J connectivity index is 2.76. The highest BCUT2D eigenvalue weighted by atomic mass is 32.2. The van der Waals surface area contributed by atoms with Gasteiger partial charge in [-0.2, -0.15) is 0 Å². The first kappa shape index (κ1) is 18.0. The molecule has 120 valence electrons. The highest BCUT2D eigenvalue weighted by Gasteiger charge is 2.16.